The number of aromatic nitrogens is 2. The van der Waals surface area contributed by atoms with Gasteiger partial charge in [-0.15, -0.1) is 0 Å². The molecule has 164 valence electrons. The maximum absolute atomic E-state index is 14.4. The molecule has 31 heavy (non-hydrogen) atoms. The molecule has 0 radical (unpaired) electrons. The van der Waals surface area contributed by atoms with Crippen molar-refractivity contribution in [3.63, 3.8) is 0 Å². The summed E-state index contributed by atoms with van der Waals surface area (Å²) in [7, 11) is -3.98. The summed E-state index contributed by atoms with van der Waals surface area (Å²) in [6.45, 7) is 2.36. The van der Waals surface area contributed by atoms with Crippen LogP contribution in [-0.2, 0) is 10.2 Å². The molecule has 0 unspecified atom stereocenters. The second kappa shape index (κ2) is 8.23. The summed E-state index contributed by atoms with van der Waals surface area (Å²) >= 11 is 0. The van der Waals surface area contributed by atoms with Crippen LogP contribution >= 0.6 is 0 Å². The van der Waals surface area contributed by atoms with E-state index in [-0.39, 0.29) is 23.7 Å². The largest absolute Gasteiger partial charge is 0.364 e. The number of hydrogen-bond acceptors (Lipinski definition) is 5. The van der Waals surface area contributed by atoms with Gasteiger partial charge in [0.15, 0.2) is 0 Å². The van der Waals surface area contributed by atoms with Gasteiger partial charge in [-0.1, -0.05) is 6.92 Å². The standard InChI is InChI=1S/C20H21F2N5O3S/c1-2-24-31(29,30)25-20(28)16-12-23-27-9-7-14(11-19(16)27)26-8-3-4-18(26)15-10-13(21)5-6-17(15)22/h5-7,9-12,18,24H,2-4,8H2,1H3,(H,25,28)/t18-/m1/s1. The zero-order chi connectivity index (χ0) is 22.2. The molecule has 2 aromatic heterocycles. The summed E-state index contributed by atoms with van der Waals surface area (Å²) in [6, 6.07) is 6.52. The Morgan fingerprint density at radius 3 is 2.84 bits per heavy atom. The molecule has 1 aromatic carbocycles. The smallest absolute Gasteiger partial charge is 0.301 e. The third-order valence-corrected chi connectivity index (χ3v) is 6.34. The number of nitrogens with one attached hydrogen (secondary N) is 2. The van der Waals surface area contributed by atoms with E-state index in [9.17, 15) is 22.0 Å². The van der Waals surface area contributed by atoms with Crippen LogP contribution < -0.4 is 14.3 Å². The number of pyridine rings is 1. The highest BCUT2D eigenvalue weighted by Gasteiger charge is 2.29. The molecule has 3 aromatic rings. The monoisotopic (exact) mass is 449 g/mol. The van der Waals surface area contributed by atoms with E-state index in [0.717, 1.165) is 18.6 Å². The Bertz CT molecular complexity index is 1240. The molecule has 1 aliphatic rings. The molecule has 0 aliphatic carbocycles. The molecule has 0 bridgehead atoms. The highest BCUT2D eigenvalue weighted by molar-refractivity contribution is 7.88. The molecule has 2 N–H and O–H groups in total. The van der Waals surface area contributed by atoms with Gasteiger partial charge < -0.3 is 4.90 Å². The lowest BCUT2D eigenvalue weighted by atomic mass is 10.0. The number of fused-ring (bicyclic) bond motifs is 1. The van der Waals surface area contributed by atoms with E-state index in [0.29, 0.717) is 24.2 Å². The quantitative estimate of drug-likeness (QED) is 0.603. The van der Waals surface area contributed by atoms with E-state index in [1.54, 1.807) is 25.3 Å². The third-order valence-electron chi connectivity index (χ3n) is 5.21. The van der Waals surface area contributed by atoms with Crippen molar-refractivity contribution in [2.45, 2.75) is 25.8 Å². The van der Waals surface area contributed by atoms with Crippen molar-refractivity contribution < 1.29 is 22.0 Å². The Kier molecular flexibility index (Phi) is 5.63. The lowest BCUT2D eigenvalue weighted by molar-refractivity contribution is 0.0982. The minimum absolute atomic E-state index is 0.0796. The number of halogens is 2. The fraction of sp³-hybridized carbons (Fsp3) is 0.300. The summed E-state index contributed by atoms with van der Waals surface area (Å²) in [6.07, 6.45) is 4.36. The van der Waals surface area contributed by atoms with E-state index in [1.165, 1.54) is 16.8 Å². The van der Waals surface area contributed by atoms with Crippen molar-refractivity contribution in [3.8, 4) is 0 Å². The maximum atomic E-state index is 14.4. The minimum Gasteiger partial charge on any atom is -0.364 e. The average molecular weight is 449 g/mol. The van der Waals surface area contributed by atoms with E-state index in [1.807, 2.05) is 9.62 Å². The molecule has 3 heterocycles. The Morgan fingerprint density at radius 2 is 2.06 bits per heavy atom. The molecule has 1 atom stereocenters. The number of carbonyl (C=O) groups is 1. The van der Waals surface area contributed by atoms with Gasteiger partial charge in [0, 0.05) is 30.5 Å². The van der Waals surface area contributed by atoms with Gasteiger partial charge in [0.2, 0.25) is 0 Å². The lowest BCUT2D eigenvalue weighted by Gasteiger charge is -2.27. The summed E-state index contributed by atoms with van der Waals surface area (Å²) in [4.78, 5) is 14.5. The first-order valence-electron chi connectivity index (χ1n) is 9.80. The number of carbonyl (C=O) groups excluding carboxylic acids is 1. The normalized spacial score (nSPS) is 16.7. The number of amides is 1. The highest BCUT2D eigenvalue weighted by Crippen LogP contribution is 2.38. The minimum atomic E-state index is -3.98. The highest BCUT2D eigenvalue weighted by atomic mass is 32.2. The van der Waals surface area contributed by atoms with Gasteiger partial charge in [0.1, 0.15) is 11.6 Å². The second-order valence-corrected chi connectivity index (χ2v) is 8.72. The summed E-state index contributed by atoms with van der Waals surface area (Å²) in [5.74, 6) is -1.80. The van der Waals surface area contributed by atoms with Crippen LogP contribution in [0.5, 0.6) is 0 Å². The fourth-order valence-electron chi connectivity index (χ4n) is 3.90. The third kappa shape index (κ3) is 4.23. The van der Waals surface area contributed by atoms with Crippen molar-refractivity contribution in [2.75, 3.05) is 18.0 Å². The SMILES string of the molecule is CCNS(=O)(=O)NC(=O)c1cnn2ccc(N3CCC[C@@H]3c3cc(F)ccc3F)cc12. The first kappa shape index (κ1) is 21.2. The van der Waals surface area contributed by atoms with Gasteiger partial charge in [0.05, 0.1) is 23.3 Å². The van der Waals surface area contributed by atoms with Gasteiger partial charge in [-0.3, -0.25) is 4.79 Å². The van der Waals surface area contributed by atoms with Gasteiger partial charge in [-0.05, 0) is 43.2 Å². The first-order valence-corrected chi connectivity index (χ1v) is 11.3. The summed E-state index contributed by atoms with van der Waals surface area (Å²) in [5.41, 5.74) is 1.45. The van der Waals surface area contributed by atoms with Crippen LogP contribution in [-0.4, -0.2) is 37.0 Å². The van der Waals surface area contributed by atoms with Gasteiger partial charge >= 0.3 is 10.2 Å². The van der Waals surface area contributed by atoms with Crippen LogP contribution in [0, 0.1) is 11.6 Å². The second-order valence-electron chi connectivity index (χ2n) is 7.22. The molecule has 1 amide bonds. The molecule has 8 nitrogen and oxygen atoms in total. The lowest BCUT2D eigenvalue weighted by Crippen LogP contribution is -2.40. The van der Waals surface area contributed by atoms with Gasteiger partial charge in [-0.2, -0.15) is 18.2 Å². The molecular formula is C20H21F2N5O3S. The first-order chi connectivity index (χ1) is 14.8. The molecule has 4 rings (SSSR count). The molecule has 1 aliphatic heterocycles. The Labute approximate surface area is 178 Å². The number of nitrogens with zero attached hydrogens (tertiary/aromatic N) is 3. The molecular weight excluding hydrogens is 428 g/mol. The van der Waals surface area contributed by atoms with E-state index >= 15 is 0 Å². The Hall–Kier alpha value is -3.05. The number of anilines is 1. The maximum Gasteiger partial charge on any atom is 0.301 e. The zero-order valence-corrected chi connectivity index (χ0v) is 17.5. The summed E-state index contributed by atoms with van der Waals surface area (Å²) < 4.78 is 57.4. The predicted molar refractivity (Wildman–Crippen MR) is 111 cm³/mol. The van der Waals surface area contributed by atoms with Crippen LogP contribution in [0.15, 0.2) is 42.7 Å². The topological polar surface area (TPSA) is 95.8 Å². The number of benzene rings is 1. The van der Waals surface area contributed by atoms with Crippen molar-refractivity contribution in [3.05, 3.63) is 65.5 Å². The van der Waals surface area contributed by atoms with Gasteiger partial charge in [-0.25, -0.2) is 18.0 Å². The summed E-state index contributed by atoms with van der Waals surface area (Å²) in [5, 5.41) is 4.10. The van der Waals surface area contributed by atoms with Crippen molar-refractivity contribution in [1.29, 1.82) is 0 Å². The molecule has 0 saturated carbocycles. The fourth-order valence-corrected chi connectivity index (χ4v) is 4.70. The van der Waals surface area contributed by atoms with Crippen LogP contribution in [0.2, 0.25) is 0 Å². The Morgan fingerprint density at radius 1 is 1.26 bits per heavy atom. The van der Waals surface area contributed by atoms with Crippen molar-refractivity contribution in [1.82, 2.24) is 19.1 Å². The predicted octanol–water partition coefficient (Wildman–Crippen LogP) is 2.54. The van der Waals surface area contributed by atoms with E-state index in [4.69, 9.17) is 0 Å². The van der Waals surface area contributed by atoms with E-state index in [2.05, 4.69) is 9.82 Å². The van der Waals surface area contributed by atoms with Crippen molar-refractivity contribution in [2.24, 2.45) is 0 Å². The molecule has 0 spiro atoms. The van der Waals surface area contributed by atoms with Crippen molar-refractivity contribution >= 4 is 27.3 Å². The number of hydrogen-bond donors (Lipinski definition) is 2. The molecule has 1 fully saturated rings. The molecule has 11 heteroatoms. The Balaban J connectivity index is 1.68. The van der Waals surface area contributed by atoms with Crippen LogP contribution in [0.4, 0.5) is 14.5 Å². The van der Waals surface area contributed by atoms with Crippen LogP contribution in [0.3, 0.4) is 0 Å². The van der Waals surface area contributed by atoms with E-state index < -0.39 is 27.8 Å². The van der Waals surface area contributed by atoms with Gasteiger partial charge in [0.25, 0.3) is 5.91 Å². The van der Waals surface area contributed by atoms with Crippen LogP contribution in [0.25, 0.3) is 5.52 Å². The zero-order valence-electron chi connectivity index (χ0n) is 16.7. The average Bonchev–Trinajstić information content (AvgIpc) is 3.35. The van der Waals surface area contributed by atoms with Crippen LogP contribution in [0.1, 0.15) is 41.7 Å². The number of rotatable bonds is 6. The molecule has 1 saturated heterocycles.